The smallest absolute Gasteiger partial charge is 0.361 e. The zero-order valence-corrected chi connectivity index (χ0v) is 52.3. The van der Waals surface area contributed by atoms with Crippen molar-refractivity contribution in [2.45, 2.75) is 309 Å². The van der Waals surface area contributed by atoms with Crippen LogP contribution in [0.1, 0.15) is 296 Å². The predicted octanol–water partition coefficient (Wildman–Crippen LogP) is 20.1. The number of hydrogen-bond donors (Lipinski definition) is 1. The third-order valence-corrected chi connectivity index (χ3v) is 14.4. The van der Waals surface area contributed by atoms with Crippen molar-refractivity contribution in [2.24, 2.45) is 0 Å². The predicted molar refractivity (Wildman–Crippen MR) is 336 cm³/mol. The van der Waals surface area contributed by atoms with Gasteiger partial charge in [0.05, 0.1) is 34.4 Å². The molecule has 0 aromatic carbocycles. The molecular formula is C70H126NO8+. The van der Waals surface area contributed by atoms with E-state index in [2.05, 4.69) is 86.8 Å². The Labute approximate surface area is 487 Å². The van der Waals surface area contributed by atoms with Crippen LogP contribution in [-0.2, 0) is 33.3 Å². The van der Waals surface area contributed by atoms with Gasteiger partial charge in [0.25, 0.3) is 6.29 Å². The largest absolute Gasteiger partial charge is 0.477 e. The number of quaternary nitrogens is 1. The Morgan fingerprint density at radius 3 is 1.08 bits per heavy atom. The Kier molecular flexibility index (Phi) is 58.3. The van der Waals surface area contributed by atoms with Gasteiger partial charge >= 0.3 is 17.9 Å². The van der Waals surface area contributed by atoms with E-state index < -0.39 is 24.3 Å². The first-order valence-corrected chi connectivity index (χ1v) is 33.1. The molecule has 0 heterocycles. The number of allylic oxidation sites excluding steroid dienone is 12. The summed E-state index contributed by atoms with van der Waals surface area (Å²) in [6.07, 6.45) is 77.4. The lowest BCUT2D eigenvalue weighted by Gasteiger charge is -2.25. The second-order valence-corrected chi connectivity index (χ2v) is 23.4. The van der Waals surface area contributed by atoms with Crippen molar-refractivity contribution in [3.8, 4) is 0 Å². The van der Waals surface area contributed by atoms with Gasteiger partial charge in [0.2, 0.25) is 0 Å². The highest BCUT2D eigenvalue weighted by molar-refractivity contribution is 5.71. The molecule has 0 aliphatic rings. The van der Waals surface area contributed by atoms with Crippen molar-refractivity contribution in [3.63, 3.8) is 0 Å². The van der Waals surface area contributed by atoms with Crippen LogP contribution in [0.15, 0.2) is 72.9 Å². The van der Waals surface area contributed by atoms with Crippen molar-refractivity contribution in [3.05, 3.63) is 72.9 Å². The molecule has 0 saturated carbocycles. The Hall–Kier alpha value is -3.27. The molecule has 0 rings (SSSR count). The van der Waals surface area contributed by atoms with Crippen LogP contribution in [0.3, 0.4) is 0 Å². The number of likely N-dealkylation sites (N-methyl/N-ethyl adjacent to an activating group) is 1. The molecule has 0 aromatic heterocycles. The van der Waals surface area contributed by atoms with Crippen molar-refractivity contribution in [1.82, 2.24) is 0 Å². The zero-order valence-electron chi connectivity index (χ0n) is 52.3. The Morgan fingerprint density at radius 1 is 0.392 bits per heavy atom. The maximum atomic E-state index is 12.9. The van der Waals surface area contributed by atoms with Gasteiger partial charge in [-0.2, -0.15) is 0 Å². The van der Waals surface area contributed by atoms with E-state index >= 15 is 0 Å². The van der Waals surface area contributed by atoms with Gasteiger partial charge in [-0.25, -0.2) is 4.79 Å². The average molecular weight is 1110 g/mol. The normalized spacial score (nSPS) is 13.2. The molecule has 1 N–H and O–H groups in total. The number of esters is 2. The van der Waals surface area contributed by atoms with Gasteiger partial charge in [-0.05, 0) is 83.5 Å². The SMILES string of the molecule is CC/C=C\C/C=C\C/C=C\C/C=C\CCCCCCCCCCCCCCCCCCCCCCCCCCCCC(=O)OC(COC(=O)CCCCCCC/C=C\C/C=C\CCCCC)COC(OCC[N+](C)(C)C)C(=O)O. The fraction of sp³-hybridized carbons (Fsp3) is 0.786. The molecule has 9 heteroatoms. The highest BCUT2D eigenvalue weighted by Crippen LogP contribution is 2.18. The highest BCUT2D eigenvalue weighted by Gasteiger charge is 2.25. The molecule has 0 aliphatic heterocycles. The highest BCUT2D eigenvalue weighted by atomic mass is 16.7. The minimum absolute atomic E-state index is 0.185. The number of nitrogens with zero attached hydrogens (tertiary/aromatic N) is 1. The van der Waals surface area contributed by atoms with E-state index in [1.54, 1.807) is 0 Å². The molecule has 0 saturated heterocycles. The van der Waals surface area contributed by atoms with E-state index in [0.717, 1.165) is 89.9 Å². The number of rotatable bonds is 61. The summed E-state index contributed by atoms with van der Waals surface area (Å²) in [6.45, 7) is 4.75. The molecule has 0 bridgehead atoms. The fourth-order valence-corrected chi connectivity index (χ4v) is 9.39. The first kappa shape index (κ1) is 75.7. The van der Waals surface area contributed by atoms with Gasteiger partial charge in [0.15, 0.2) is 6.10 Å². The molecule has 9 nitrogen and oxygen atoms in total. The molecule has 0 aliphatic carbocycles. The van der Waals surface area contributed by atoms with Gasteiger partial charge < -0.3 is 28.5 Å². The first-order valence-electron chi connectivity index (χ1n) is 33.1. The molecule has 0 radical (unpaired) electrons. The zero-order chi connectivity index (χ0) is 57.6. The number of carboxylic acids is 1. The quantitative estimate of drug-likeness (QED) is 0.0211. The number of carbonyl (C=O) groups excluding carboxylic acids is 2. The standard InChI is InChI=1S/C70H125NO8/c1-6-8-10-12-14-16-18-20-22-23-24-25-26-27-28-29-30-31-32-33-34-35-36-37-38-39-40-41-42-43-44-45-47-49-51-53-55-57-59-61-68(73)79-66(65-78-70(69(74)75)76-63-62-71(3,4)5)64-77-67(72)60-58-56-54-52-50-48-46-21-19-17-15-13-11-9-7-2/h8,10,14-17,20-22,24-25,46,66,70H,6-7,9,11-13,18-19,23,26-45,47-65H2,1-5H3/p+1/b10-8-,16-14-,17-15-,22-20-,25-24-,46-21-. The van der Waals surface area contributed by atoms with Crippen molar-refractivity contribution in [1.29, 1.82) is 0 Å². The lowest BCUT2D eigenvalue weighted by atomic mass is 10.0. The molecule has 0 amide bonds. The summed E-state index contributed by atoms with van der Waals surface area (Å²) >= 11 is 0. The molecule has 458 valence electrons. The van der Waals surface area contributed by atoms with Crippen LogP contribution in [0, 0.1) is 0 Å². The lowest BCUT2D eigenvalue weighted by Crippen LogP contribution is -2.40. The van der Waals surface area contributed by atoms with Crippen LogP contribution in [-0.4, -0.2) is 87.4 Å². The fourth-order valence-electron chi connectivity index (χ4n) is 9.39. The van der Waals surface area contributed by atoms with E-state index in [1.165, 1.54) is 180 Å². The summed E-state index contributed by atoms with van der Waals surface area (Å²) in [7, 11) is 5.97. The maximum Gasteiger partial charge on any atom is 0.361 e. The monoisotopic (exact) mass is 1110 g/mol. The molecule has 79 heavy (non-hydrogen) atoms. The number of hydrogen-bond acceptors (Lipinski definition) is 7. The first-order chi connectivity index (χ1) is 38.6. The van der Waals surface area contributed by atoms with Crippen molar-refractivity contribution < 1.29 is 42.9 Å². The van der Waals surface area contributed by atoms with Crippen molar-refractivity contribution in [2.75, 3.05) is 47.5 Å². The molecule has 0 spiro atoms. The number of aliphatic carboxylic acids is 1. The van der Waals surface area contributed by atoms with Crippen LogP contribution in [0.2, 0.25) is 0 Å². The second-order valence-electron chi connectivity index (χ2n) is 23.4. The maximum absolute atomic E-state index is 12.9. The number of unbranched alkanes of at least 4 members (excludes halogenated alkanes) is 34. The van der Waals surface area contributed by atoms with Gasteiger partial charge in [-0.15, -0.1) is 0 Å². The minimum atomic E-state index is -1.51. The third-order valence-electron chi connectivity index (χ3n) is 14.4. The van der Waals surface area contributed by atoms with Crippen LogP contribution in [0.5, 0.6) is 0 Å². The van der Waals surface area contributed by atoms with Crippen LogP contribution in [0.25, 0.3) is 0 Å². The molecular weight excluding hydrogens is 983 g/mol. The van der Waals surface area contributed by atoms with Crippen molar-refractivity contribution >= 4 is 17.9 Å². The topological polar surface area (TPSA) is 108 Å². The second kappa shape index (κ2) is 60.8. The summed E-state index contributed by atoms with van der Waals surface area (Å²) in [5, 5.41) is 9.71. The van der Waals surface area contributed by atoms with Crippen LogP contribution >= 0.6 is 0 Å². The van der Waals surface area contributed by atoms with Gasteiger partial charge in [-0.1, -0.05) is 273 Å². The van der Waals surface area contributed by atoms with E-state index in [4.69, 9.17) is 18.9 Å². The molecule has 0 aromatic rings. The number of ether oxygens (including phenoxy) is 4. The average Bonchev–Trinajstić information content (AvgIpc) is 3.42. The number of carbonyl (C=O) groups is 3. The summed E-state index contributed by atoms with van der Waals surface area (Å²) in [6, 6.07) is 0. The van der Waals surface area contributed by atoms with Crippen LogP contribution in [0.4, 0.5) is 0 Å². The Morgan fingerprint density at radius 2 is 0.722 bits per heavy atom. The van der Waals surface area contributed by atoms with Gasteiger partial charge in [-0.3, -0.25) is 9.59 Å². The summed E-state index contributed by atoms with van der Waals surface area (Å²) in [4.78, 5) is 37.4. The van der Waals surface area contributed by atoms with E-state index in [-0.39, 0.29) is 38.6 Å². The van der Waals surface area contributed by atoms with E-state index in [1.807, 2.05) is 21.1 Å². The Bertz CT molecular complexity index is 1520. The Balaban J connectivity index is 3.96. The summed E-state index contributed by atoms with van der Waals surface area (Å²) in [5.41, 5.74) is 0. The van der Waals surface area contributed by atoms with E-state index in [9.17, 15) is 19.5 Å². The van der Waals surface area contributed by atoms with E-state index in [0.29, 0.717) is 11.0 Å². The third kappa shape index (κ3) is 62.2. The lowest BCUT2D eigenvalue weighted by molar-refractivity contribution is -0.870. The van der Waals surface area contributed by atoms with Crippen LogP contribution < -0.4 is 0 Å². The minimum Gasteiger partial charge on any atom is -0.477 e. The van der Waals surface area contributed by atoms with Gasteiger partial charge in [0, 0.05) is 12.8 Å². The molecule has 2 unspecified atom stereocenters. The number of carboxylic acid groups (broad SMARTS) is 1. The van der Waals surface area contributed by atoms with Gasteiger partial charge in [0.1, 0.15) is 13.2 Å². The summed E-state index contributed by atoms with van der Waals surface area (Å²) < 4.78 is 22.9. The summed E-state index contributed by atoms with van der Waals surface area (Å²) in [5.74, 6) is -2.01. The molecule has 2 atom stereocenters. The molecule has 0 fully saturated rings.